The number of rotatable bonds is 5. The first kappa shape index (κ1) is 16.7. The molecule has 0 unspecified atom stereocenters. The minimum Gasteiger partial charge on any atom is -0.504 e. The smallest absolute Gasteiger partial charge is 0.360 e. The normalized spacial score (nSPS) is 12.5. The van der Waals surface area contributed by atoms with Crippen LogP contribution in [-0.4, -0.2) is 26.0 Å². The van der Waals surface area contributed by atoms with Gasteiger partial charge in [0.15, 0.2) is 5.76 Å². The Balaban J connectivity index is 2.46. The Labute approximate surface area is 137 Å². The van der Waals surface area contributed by atoms with Crippen LogP contribution in [0.15, 0.2) is 46.3 Å². The van der Waals surface area contributed by atoms with Crippen LogP contribution in [-0.2, 0) is 11.3 Å². The molecule has 0 bridgehead atoms. The zero-order chi connectivity index (χ0) is 17.0. The number of aromatic nitrogens is 2. The summed E-state index contributed by atoms with van der Waals surface area (Å²) in [5.74, 6) is -1.89. The molecule has 2 rings (SSSR count). The number of aryl methyl sites for hydroxylation is 2. The lowest BCUT2D eigenvalue weighted by atomic mass is 10.2. The highest BCUT2D eigenvalue weighted by molar-refractivity contribution is 6.30. The number of halogens is 1. The van der Waals surface area contributed by atoms with E-state index in [9.17, 15) is 15.0 Å². The predicted octanol–water partition coefficient (Wildman–Crippen LogP) is 3.96. The third-order valence-corrected chi connectivity index (χ3v) is 3.18. The topological polar surface area (TPSA) is 100 Å². The fourth-order valence-electron chi connectivity index (χ4n) is 1.94. The molecule has 0 fully saturated rings. The van der Waals surface area contributed by atoms with Crippen LogP contribution in [0.4, 0.5) is 5.69 Å². The van der Waals surface area contributed by atoms with Crippen LogP contribution in [0, 0.1) is 6.92 Å². The Morgan fingerprint density at radius 3 is 2.70 bits per heavy atom. The molecule has 0 aliphatic carbocycles. The number of carbonyl (C=O) groups is 1. The molecule has 0 atom stereocenters. The Hall–Kier alpha value is -2.67. The SMILES string of the molecule is CCn1nc(C)cc1C(O)=C(N=Nc1cccc(Cl)c1)C(=O)O. The predicted molar refractivity (Wildman–Crippen MR) is 85.8 cm³/mol. The molecule has 2 N–H and O–H groups in total. The van der Waals surface area contributed by atoms with Gasteiger partial charge in [-0.05, 0) is 38.1 Å². The summed E-state index contributed by atoms with van der Waals surface area (Å²) in [7, 11) is 0. The van der Waals surface area contributed by atoms with Gasteiger partial charge in [0, 0.05) is 11.6 Å². The fraction of sp³-hybridized carbons (Fsp3) is 0.200. The highest BCUT2D eigenvalue weighted by Crippen LogP contribution is 2.22. The van der Waals surface area contributed by atoms with E-state index < -0.39 is 17.4 Å². The van der Waals surface area contributed by atoms with Crippen molar-refractivity contribution in [1.29, 1.82) is 0 Å². The molecule has 0 amide bonds. The van der Waals surface area contributed by atoms with Crippen molar-refractivity contribution in [1.82, 2.24) is 9.78 Å². The summed E-state index contributed by atoms with van der Waals surface area (Å²) in [5.41, 5.74) is 0.737. The number of carboxylic acids is 1. The second kappa shape index (κ2) is 7.06. The summed E-state index contributed by atoms with van der Waals surface area (Å²) in [5, 5.41) is 31.6. The third-order valence-electron chi connectivity index (χ3n) is 2.94. The van der Waals surface area contributed by atoms with E-state index in [0.717, 1.165) is 0 Å². The van der Waals surface area contributed by atoms with Gasteiger partial charge in [-0.2, -0.15) is 10.2 Å². The summed E-state index contributed by atoms with van der Waals surface area (Å²) in [6, 6.07) is 8.05. The number of aliphatic hydroxyl groups is 1. The molecule has 0 spiro atoms. The Kier molecular flexibility index (Phi) is 5.13. The maximum atomic E-state index is 11.4. The Morgan fingerprint density at radius 2 is 2.09 bits per heavy atom. The van der Waals surface area contributed by atoms with Gasteiger partial charge in [0.2, 0.25) is 5.70 Å². The van der Waals surface area contributed by atoms with E-state index in [1.165, 1.54) is 10.7 Å². The molecule has 23 heavy (non-hydrogen) atoms. The van der Waals surface area contributed by atoms with Gasteiger partial charge in [-0.15, -0.1) is 5.11 Å². The van der Waals surface area contributed by atoms with Gasteiger partial charge in [0.25, 0.3) is 0 Å². The lowest BCUT2D eigenvalue weighted by molar-refractivity contribution is -0.132. The van der Waals surface area contributed by atoms with E-state index in [2.05, 4.69) is 15.3 Å². The molecule has 0 aliphatic rings. The van der Waals surface area contributed by atoms with Crippen LogP contribution in [0.3, 0.4) is 0 Å². The zero-order valence-corrected chi connectivity index (χ0v) is 13.3. The van der Waals surface area contributed by atoms with Crippen molar-refractivity contribution in [3.05, 3.63) is 52.4 Å². The van der Waals surface area contributed by atoms with E-state index in [1.807, 2.05) is 6.92 Å². The van der Waals surface area contributed by atoms with Crippen molar-refractivity contribution >= 4 is 29.0 Å². The molecule has 1 heterocycles. The largest absolute Gasteiger partial charge is 0.504 e. The number of carboxylic acid groups (broad SMARTS) is 1. The summed E-state index contributed by atoms with van der Waals surface area (Å²) in [6.45, 7) is 4.06. The van der Waals surface area contributed by atoms with Crippen LogP contribution in [0.5, 0.6) is 0 Å². The number of aliphatic hydroxyl groups excluding tert-OH is 1. The molecule has 7 nitrogen and oxygen atoms in total. The van der Waals surface area contributed by atoms with Crippen molar-refractivity contribution in [2.24, 2.45) is 10.2 Å². The van der Waals surface area contributed by atoms with Crippen molar-refractivity contribution < 1.29 is 15.0 Å². The molecular formula is C15H15ClN4O3. The van der Waals surface area contributed by atoms with Gasteiger partial charge in [-0.3, -0.25) is 4.68 Å². The second-order valence-electron chi connectivity index (χ2n) is 4.67. The molecule has 1 aromatic heterocycles. The third kappa shape index (κ3) is 3.95. The van der Waals surface area contributed by atoms with Crippen molar-refractivity contribution in [2.45, 2.75) is 20.4 Å². The van der Waals surface area contributed by atoms with Crippen LogP contribution in [0.1, 0.15) is 18.3 Å². The summed E-state index contributed by atoms with van der Waals surface area (Å²) in [4.78, 5) is 11.4. The molecular weight excluding hydrogens is 320 g/mol. The summed E-state index contributed by atoms with van der Waals surface area (Å²) < 4.78 is 1.49. The lowest BCUT2D eigenvalue weighted by Crippen LogP contribution is -2.07. The van der Waals surface area contributed by atoms with Gasteiger partial charge < -0.3 is 10.2 Å². The van der Waals surface area contributed by atoms with Crippen molar-refractivity contribution in [2.75, 3.05) is 0 Å². The number of aliphatic carboxylic acids is 1. The molecule has 0 saturated heterocycles. The monoisotopic (exact) mass is 334 g/mol. The molecule has 0 saturated carbocycles. The summed E-state index contributed by atoms with van der Waals surface area (Å²) >= 11 is 5.83. The number of azo groups is 1. The molecule has 120 valence electrons. The number of nitrogens with zero attached hydrogens (tertiary/aromatic N) is 4. The Morgan fingerprint density at radius 1 is 1.35 bits per heavy atom. The highest BCUT2D eigenvalue weighted by Gasteiger charge is 2.19. The minimum absolute atomic E-state index is 0.271. The van der Waals surface area contributed by atoms with Gasteiger partial charge in [-0.25, -0.2) is 4.79 Å². The van der Waals surface area contributed by atoms with Gasteiger partial charge in [-0.1, -0.05) is 17.7 Å². The van der Waals surface area contributed by atoms with Gasteiger partial charge >= 0.3 is 5.97 Å². The first-order valence-electron chi connectivity index (χ1n) is 6.81. The first-order valence-corrected chi connectivity index (χ1v) is 7.18. The average molecular weight is 335 g/mol. The standard InChI is InChI=1S/C15H15ClN4O3/c1-3-20-12(7-9(2)19-20)14(21)13(15(22)23)18-17-11-6-4-5-10(16)8-11/h4-8,21H,3H2,1-2H3,(H,22,23). The van der Waals surface area contributed by atoms with E-state index in [4.69, 9.17) is 11.6 Å². The minimum atomic E-state index is -1.39. The van der Waals surface area contributed by atoms with Crippen molar-refractivity contribution in [3.63, 3.8) is 0 Å². The second-order valence-corrected chi connectivity index (χ2v) is 5.11. The first-order chi connectivity index (χ1) is 10.9. The van der Waals surface area contributed by atoms with E-state index in [-0.39, 0.29) is 5.69 Å². The molecule has 0 aliphatic heterocycles. The highest BCUT2D eigenvalue weighted by atomic mass is 35.5. The molecule has 2 aromatic rings. The molecule has 0 radical (unpaired) electrons. The number of benzene rings is 1. The van der Waals surface area contributed by atoms with Gasteiger partial charge in [0.1, 0.15) is 5.69 Å². The number of hydrogen-bond acceptors (Lipinski definition) is 5. The quantitative estimate of drug-likeness (QED) is 0.491. The molecule has 1 aromatic carbocycles. The van der Waals surface area contributed by atoms with Crippen LogP contribution in [0.25, 0.3) is 5.76 Å². The maximum absolute atomic E-state index is 11.4. The number of hydrogen-bond donors (Lipinski definition) is 2. The van der Waals surface area contributed by atoms with E-state index in [0.29, 0.717) is 22.9 Å². The lowest BCUT2D eigenvalue weighted by Gasteiger charge is -2.05. The van der Waals surface area contributed by atoms with Gasteiger partial charge in [0.05, 0.1) is 11.4 Å². The zero-order valence-electron chi connectivity index (χ0n) is 12.6. The van der Waals surface area contributed by atoms with E-state index >= 15 is 0 Å². The van der Waals surface area contributed by atoms with Crippen LogP contribution < -0.4 is 0 Å². The van der Waals surface area contributed by atoms with Crippen LogP contribution in [0.2, 0.25) is 5.02 Å². The molecule has 8 heteroatoms. The fourth-order valence-corrected chi connectivity index (χ4v) is 2.12. The maximum Gasteiger partial charge on any atom is 0.360 e. The Bertz CT molecular complexity index is 796. The summed E-state index contributed by atoms with van der Waals surface area (Å²) in [6.07, 6.45) is 0. The van der Waals surface area contributed by atoms with E-state index in [1.54, 1.807) is 31.2 Å². The average Bonchev–Trinajstić information content (AvgIpc) is 2.88. The van der Waals surface area contributed by atoms with Crippen molar-refractivity contribution in [3.8, 4) is 0 Å². The van der Waals surface area contributed by atoms with Crippen LogP contribution >= 0.6 is 11.6 Å².